The molecule has 0 aliphatic heterocycles. The van der Waals surface area contributed by atoms with Crippen LogP contribution in [-0.4, -0.2) is 10.2 Å². The lowest BCUT2D eigenvalue weighted by atomic mass is 10.1. The summed E-state index contributed by atoms with van der Waals surface area (Å²) < 4.78 is 19.5. The molecule has 2 N–H and O–H groups in total. The van der Waals surface area contributed by atoms with Crippen LogP contribution in [-0.2, 0) is 6.54 Å². The molecule has 0 saturated heterocycles. The molecule has 0 aliphatic carbocycles. The van der Waals surface area contributed by atoms with Gasteiger partial charge in [0.05, 0.1) is 10.2 Å². The van der Waals surface area contributed by atoms with Crippen LogP contribution in [0.5, 0.6) is 11.6 Å². The van der Waals surface area contributed by atoms with E-state index in [1.807, 2.05) is 13.8 Å². The lowest BCUT2D eigenvalue weighted by Crippen LogP contribution is -2.07. The van der Waals surface area contributed by atoms with E-state index in [2.05, 4.69) is 26.1 Å². The van der Waals surface area contributed by atoms with Gasteiger partial charge in [-0.3, -0.25) is 0 Å². The molecule has 0 fully saturated rings. The molecule has 1 aromatic heterocycles. The predicted octanol–water partition coefficient (Wildman–Crippen LogP) is 3.25. The predicted molar refractivity (Wildman–Crippen MR) is 73.6 cm³/mol. The zero-order valence-electron chi connectivity index (χ0n) is 10.6. The summed E-state index contributed by atoms with van der Waals surface area (Å²) in [6.45, 7) is 4.04. The highest BCUT2D eigenvalue weighted by atomic mass is 79.9. The molecule has 0 spiro atoms. The Kier molecular flexibility index (Phi) is 4.11. The van der Waals surface area contributed by atoms with Crippen LogP contribution in [0, 0.1) is 19.7 Å². The number of nitrogens with zero attached hydrogens (tertiary/aromatic N) is 2. The first-order chi connectivity index (χ1) is 9.02. The Labute approximate surface area is 118 Å². The van der Waals surface area contributed by atoms with Gasteiger partial charge in [-0.25, -0.2) is 4.39 Å². The highest BCUT2D eigenvalue weighted by molar-refractivity contribution is 9.10. The van der Waals surface area contributed by atoms with Crippen LogP contribution in [0.15, 0.2) is 22.7 Å². The number of nitrogens with two attached hydrogens (primary N) is 1. The van der Waals surface area contributed by atoms with Crippen LogP contribution in [0.1, 0.15) is 16.8 Å². The van der Waals surface area contributed by atoms with E-state index < -0.39 is 0 Å². The molecule has 0 unspecified atom stereocenters. The molecule has 2 rings (SSSR count). The average molecular weight is 326 g/mol. The molecular weight excluding hydrogens is 313 g/mol. The number of rotatable bonds is 3. The molecule has 0 aliphatic rings. The first-order valence-electron chi connectivity index (χ1n) is 5.68. The molecule has 0 saturated carbocycles. The molecule has 0 amide bonds. The second-order valence-electron chi connectivity index (χ2n) is 4.08. The van der Waals surface area contributed by atoms with Gasteiger partial charge in [-0.15, -0.1) is 5.10 Å². The second kappa shape index (κ2) is 5.63. The zero-order chi connectivity index (χ0) is 14.0. The van der Waals surface area contributed by atoms with Crippen molar-refractivity contribution < 1.29 is 9.13 Å². The minimum Gasteiger partial charge on any atom is -0.436 e. The van der Waals surface area contributed by atoms with Crippen molar-refractivity contribution in [2.45, 2.75) is 20.4 Å². The third-order valence-corrected chi connectivity index (χ3v) is 3.50. The van der Waals surface area contributed by atoms with Crippen LogP contribution in [0.2, 0.25) is 0 Å². The fourth-order valence-electron chi connectivity index (χ4n) is 1.62. The highest BCUT2D eigenvalue weighted by Crippen LogP contribution is 2.31. The van der Waals surface area contributed by atoms with Crippen LogP contribution in [0.3, 0.4) is 0 Å². The largest absolute Gasteiger partial charge is 0.436 e. The minimum atomic E-state index is -0.385. The number of aryl methyl sites for hydroxylation is 1. The van der Waals surface area contributed by atoms with E-state index >= 15 is 0 Å². The Morgan fingerprint density at radius 1 is 1.32 bits per heavy atom. The smallest absolute Gasteiger partial charge is 0.243 e. The molecule has 6 heteroatoms. The highest BCUT2D eigenvalue weighted by Gasteiger charge is 2.13. The Morgan fingerprint density at radius 3 is 2.74 bits per heavy atom. The maximum absolute atomic E-state index is 13.2. The van der Waals surface area contributed by atoms with Crippen molar-refractivity contribution in [3.05, 3.63) is 45.3 Å². The molecule has 0 radical (unpaired) electrons. The molecule has 0 atom stereocenters. The van der Waals surface area contributed by atoms with Gasteiger partial charge in [-0.1, -0.05) is 0 Å². The van der Waals surface area contributed by atoms with Crippen molar-refractivity contribution in [1.29, 1.82) is 0 Å². The van der Waals surface area contributed by atoms with Crippen molar-refractivity contribution >= 4 is 15.9 Å². The second-order valence-corrected chi connectivity index (χ2v) is 4.93. The molecule has 19 heavy (non-hydrogen) atoms. The van der Waals surface area contributed by atoms with Gasteiger partial charge in [0.25, 0.3) is 0 Å². The van der Waals surface area contributed by atoms with E-state index in [-0.39, 0.29) is 12.4 Å². The third kappa shape index (κ3) is 2.90. The van der Waals surface area contributed by atoms with E-state index in [4.69, 9.17) is 10.5 Å². The Balaban J connectivity index is 2.43. The Morgan fingerprint density at radius 2 is 2.05 bits per heavy atom. The number of hydrogen-bond acceptors (Lipinski definition) is 4. The van der Waals surface area contributed by atoms with E-state index in [0.717, 1.165) is 16.8 Å². The summed E-state index contributed by atoms with van der Waals surface area (Å²) in [4.78, 5) is 0. The number of aromatic nitrogens is 2. The van der Waals surface area contributed by atoms with Gasteiger partial charge in [0, 0.05) is 18.2 Å². The fraction of sp³-hybridized carbons (Fsp3) is 0.231. The molecule has 0 bridgehead atoms. The summed E-state index contributed by atoms with van der Waals surface area (Å²) in [6, 6.07) is 4.19. The summed E-state index contributed by atoms with van der Waals surface area (Å²) in [5, 5.41) is 7.98. The van der Waals surface area contributed by atoms with Gasteiger partial charge in [-0.05, 0) is 47.5 Å². The summed E-state index contributed by atoms with van der Waals surface area (Å²) in [7, 11) is 0. The quantitative estimate of drug-likeness (QED) is 0.941. The Bertz CT molecular complexity index is 619. The molecule has 1 aromatic carbocycles. The first-order valence-corrected chi connectivity index (χ1v) is 6.48. The number of halogens is 2. The molecule has 4 nitrogen and oxygen atoms in total. The molecule has 100 valence electrons. The van der Waals surface area contributed by atoms with Gasteiger partial charge in [-0.2, -0.15) is 5.10 Å². The molecular formula is C13H13BrFN3O. The average Bonchev–Trinajstić information content (AvgIpc) is 2.38. The summed E-state index contributed by atoms with van der Waals surface area (Å²) in [5.74, 6) is 0.258. The van der Waals surface area contributed by atoms with E-state index in [1.165, 1.54) is 12.1 Å². The summed E-state index contributed by atoms with van der Waals surface area (Å²) in [5.41, 5.74) is 8.20. The zero-order valence-corrected chi connectivity index (χ0v) is 12.2. The lowest BCUT2D eigenvalue weighted by Gasteiger charge is -2.12. The Hall–Kier alpha value is -1.53. The van der Waals surface area contributed by atoms with Crippen molar-refractivity contribution in [2.24, 2.45) is 5.73 Å². The molecule has 2 aromatic rings. The normalized spacial score (nSPS) is 10.6. The van der Waals surface area contributed by atoms with Gasteiger partial charge in [0.2, 0.25) is 5.88 Å². The summed E-state index contributed by atoms with van der Waals surface area (Å²) in [6.07, 6.45) is 0. The number of ether oxygens (including phenoxy) is 1. The third-order valence-electron chi connectivity index (χ3n) is 2.85. The topological polar surface area (TPSA) is 61.0 Å². The fourth-order valence-corrected chi connectivity index (χ4v) is 1.94. The van der Waals surface area contributed by atoms with Gasteiger partial charge < -0.3 is 10.5 Å². The standard InChI is InChI=1S/C13H13BrFN3O/c1-7-8(2)17-18-13(10(7)6-16)19-12-5-9(15)3-4-11(12)14/h3-5H,6,16H2,1-2H3. The van der Waals surface area contributed by atoms with E-state index in [0.29, 0.717) is 16.1 Å². The maximum Gasteiger partial charge on any atom is 0.243 e. The van der Waals surface area contributed by atoms with Crippen molar-refractivity contribution in [1.82, 2.24) is 10.2 Å². The van der Waals surface area contributed by atoms with Crippen molar-refractivity contribution in [2.75, 3.05) is 0 Å². The first kappa shape index (κ1) is 13.9. The van der Waals surface area contributed by atoms with Crippen molar-refractivity contribution in [3.63, 3.8) is 0 Å². The minimum absolute atomic E-state index is 0.282. The molecule has 1 heterocycles. The van der Waals surface area contributed by atoms with Gasteiger partial charge in [0.15, 0.2) is 0 Å². The van der Waals surface area contributed by atoms with Gasteiger partial charge in [0.1, 0.15) is 11.6 Å². The van der Waals surface area contributed by atoms with E-state index in [1.54, 1.807) is 6.07 Å². The van der Waals surface area contributed by atoms with Crippen LogP contribution >= 0.6 is 15.9 Å². The van der Waals surface area contributed by atoms with Crippen LogP contribution < -0.4 is 10.5 Å². The SMILES string of the molecule is Cc1nnc(Oc2cc(F)ccc2Br)c(CN)c1C. The van der Waals surface area contributed by atoms with Crippen LogP contribution in [0.25, 0.3) is 0 Å². The van der Waals surface area contributed by atoms with Gasteiger partial charge >= 0.3 is 0 Å². The van der Waals surface area contributed by atoms with Crippen molar-refractivity contribution in [3.8, 4) is 11.6 Å². The lowest BCUT2D eigenvalue weighted by molar-refractivity contribution is 0.440. The summed E-state index contributed by atoms with van der Waals surface area (Å²) >= 11 is 3.30. The van der Waals surface area contributed by atoms with E-state index in [9.17, 15) is 4.39 Å². The number of hydrogen-bond donors (Lipinski definition) is 1. The number of benzene rings is 1. The maximum atomic E-state index is 13.2. The van der Waals surface area contributed by atoms with Crippen LogP contribution in [0.4, 0.5) is 4.39 Å². The monoisotopic (exact) mass is 325 g/mol.